The summed E-state index contributed by atoms with van der Waals surface area (Å²) in [6.07, 6.45) is -4.69. The average Bonchev–Trinajstić information content (AvgIpc) is 2.33. The molecule has 0 spiro atoms. The number of hydrogen-bond acceptors (Lipinski definition) is 1. The van der Waals surface area contributed by atoms with E-state index in [2.05, 4.69) is 4.98 Å². The lowest BCUT2D eigenvalue weighted by Crippen LogP contribution is -2.09. The van der Waals surface area contributed by atoms with Crippen LogP contribution in [0.2, 0.25) is 15.1 Å². The molecule has 0 amide bonds. The third-order valence-electron chi connectivity index (χ3n) is 2.40. The predicted molar refractivity (Wildman–Crippen MR) is 69.7 cm³/mol. The predicted octanol–water partition coefficient (Wildman–Crippen LogP) is 5.87. The number of rotatable bonds is 1. The largest absolute Gasteiger partial charge is 0.433 e. The van der Waals surface area contributed by atoms with Gasteiger partial charge in [0.15, 0.2) is 0 Å². The van der Waals surface area contributed by atoms with Gasteiger partial charge >= 0.3 is 6.18 Å². The maximum atomic E-state index is 13.7. The van der Waals surface area contributed by atoms with Gasteiger partial charge in [0.2, 0.25) is 0 Å². The molecule has 0 bridgehead atoms. The fraction of sp³-hybridized carbons (Fsp3) is 0.0833. The van der Waals surface area contributed by atoms with E-state index in [1.807, 2.05) is 0 Å². The van der Waals surface area contributed by atoms with E-state index in [4.69, 9.17) is 34.8 Å². The first-order valence-corrected chi connectivity index (χ1v) is 6.22. The molecule has 8 heteroatoms. The molecule has 1 heterocycles. The Morgan fingerprint density at radius 2 is 1.50 bits per heavy atom. The van der Waals surface area contributed by atoms with Crippen molar-refractivity contribution in [2.45, 2.75) is 6.18 Å². The molecule has 0 N–H and O–H groups in total. The molecule has 106 valence electrons. The van der Waals surface area contributed by atoms with Crippen molar-refractivity contribution in [1.29, 1.82) is 0 Å². The maximum Gasteiger partial charge on any atom is 0.433 e. The molecular formula is C12H4Cl3F4N. The minimum atomic E-state index is -4.69. The monoisotopic (exact) mass is 343 g/mol. The Kier molecular flexibility index (Phi) is 4.14. The van der Waals surface area contributed by atoms with Gasteiger partial charge in [-0.1, -0.05) is 34.8 Å². The molecule has 0 aliphatic rings. The summed E-state index contributed by atoms with van der Waals surface area (Å²) in [5, 5.41) is 0.0857. The van der Waals surface area contributed by atoms with E-state index in [0.29, 0.717) is 12.1 Å². The number of hydrogen-bond donors (Lipinski definition) is 0. The molecule has 0 aliphatic carbocycles. The average molecular weight is 345 g/mol. The summed E-state index contributed by atoms with van der Waals surface area (Å²) in [4.78, 5) is 3.26. The number of benzene rings is 1. The Hall–Kier alpha value is -1.04. The third kappa shape index (κ3) is 3.00. The SMILES string of the molecule is Fc1ccc(C(F)(F)F)nc1-c1cc(Cl)c(Cl)cc1Cl. The summed E-state index contributed by atoms with van der Waals surface area (Å²) in [7, 11) is 0. The molecule has 0 atom stereocenters. The molecule has 0 aliphatic heterocycles. The molecule has 20 heavy (non-hydrogen) atoms. The zero-order valence-electron chi connectivity index (χ0n) is 9.40. The lowest BCUT2D eigenvalue weighted by Gasteiger charge is -2.10. The molecule has 0 fully saturated rings. The minimum absolute atomic E-state index is 0.0321. The summed E-state index contributed by atoms with van der Waals surface area (Å²) >= 11 is 17.3. The van der Waals surface area contributed by atoms with Gasteiger partial charge < -0.3 is 0 Å². The minimum Gasteiger partial charge on any atom is -0.240 e. The first kappa shape index (κ1) is 15.4. The summed E-state index contributed by atoms with van der Waals surface area (Å²) in [6.45, 7) is 0. The van der Waals surface area contributed by atoms with Crippen LogP contribution in [-0.2, 0) is 6.18 Å². The second-order valence-corrected chi connectivity index (χ2v) is 4.99. The van der Waals surface area contributed by atoms with Gasteiger partial charge in [-0.05, 0) is 24.3 Å². The van der Waals surface area contributed by atoms with Crippen molar-refractivity contribution in [3.63, 3.8) is 0 Å². The van der Waals surface area contributed by atoms with E-state index >= 15 is 0 Å². The number of nitrogens with zero attached hydrogens (tertiary/aromatic N) is 1. The molecule has 1 aromatic carbocycles. The molecule has 0 unspecified atom stereocenters. The number of halogens is 7. The Bertz CT molecular complexity index is 670. The second-order valence-electron chi connectivity index (χ2n) is 3.77. The first-order valence-electron chi connectivity index (χ1n) is 5.09. The van der Waals surface area contributed by atoms with Gasteiger partial charge in [0, 0.05) is 5.56 Å². The van der Waals surface area contributed by atoms with Crippen LogP contribution in [0, 0.1) is 5.82 Å². The summed E-state index contributed by atoms with van der Waals surface area (Å²) in [6, 6.07) is 3.59. The van der Waals surface area contributed by atoms with Crippen LogP contribution in [0.15, 0.2) is 24.3 Å². The van der Waals surface area contributed by atoms with Gasteiger partial charge in [-0.2, -0.15) is 13.2 Å². The highest BCUT2D eigenvalue weighted by Crippen LogP contribution is 2.37. The van der Waals surface area contributed by atoms with Crippen molar-refractivity contribution in [3.8, 4) is 11.3 Å². The first-order chi connectivity index (χ1) is 9.20. The van der Waals surface area contributed by atoms with Crippen LogP contribution in [0.3, 0.4) is 0 Å². The fourth-order valence-electron chi connectivity index (χ4n) is 1.49. The third-order valence-corrected chi connectivity index (χ3v) is 3.44. The van der Waals surface area contributed by atoms with Crippen molar-refractivity contribution < 1.29 is 17.6 Å². The molecule has 2 rings (SSSR count). The van der Waals surface area contributed by atoms with E-state index in [0.717, 1.165) is 6.07 Å². The highest BCUT2D eigenvalue weighted by atomic mass is 35.5. The van der Waals surface area contributed by atoms with E-state index < -0.39 is 23.4 Å². The summed E-state index contributed by atoms with van der Waals surface area (Å²) in [5.41, 5.74) is -1.83. The Morgan fingerprint density at radius 3 is 2.10 bits per heavy atom. The molecule has 0 saturated heterocycles. The van der Waals surface area contributed by atoms with E-state index in [1.54, 1.807) is 0 Å². The molecule has 0 saturated carbocycles. The van der Waals surface area contributed by atoms with Crippen molar-refractivity contribution in [2.75, 3.05) is 0 Å². The van der Waals surface area contributed by atoms with Crippen molar-refractivity contribution in [3.05, 3.63) is 50.8 Å². The van der Waals surface area contributed by atoms with Crippen molar-refractivity contribution in [1.82, 2.24) is 4.98 Å². The number of aromatic nitrogens is 1. The maximum absolute atomic E-state index is 13.7. The zero-order valence-corrected chi connectivity index (χ0v) is 11.7. The Morgan fingerprint density at radius 1 is 0.900 bits per heavy atom. The highest BCUT2D eigenvalue weighted by Gasteiger charge is 2.33. The summed E-state index contributed by atoms with van der Waals surface area (Å²) in [5.74, 6) is -0.946. The molecular weight excluding hydrogens is 340 g/mol. The Balaban J connectivity index is 2.66. The van der Waals surface area contributed by atoms with Crippen LogP contribution in [0.1, 0.15) is 5.69 Å². The van der Waals surface area contributed by atoms with Crippen molar-refractivity contribution in [2.24, 2.45) is 0 Å². The standard InChI is InChI=1S/C12H4Cl3F4N/c13-6-4-8(15)7(14)3-5(6)11-9(16)1-2-10(20-11)12(17,18)19/h1-4H. The van der Waals surface area contributed by atoms with E-state index in [-0.39, 0.29) is 20.6 Å². The van der Waals surface area contributed by atoms with Gasteiger partial charge in [-0.3, -0.25) is 0 Å². The van der Waals surface area contributed by atoms with E-state index in [1.165, 1.54) is 6.07 Å². The topological polar surface area (TPSA) is 12.9 Å². The fourth-order valence-corrected chi connectivity index (χ4v) is 2.13. The molecule has 0 radical (unpaired) electrons. The van der Waals surface area contributed by atoms with Crippen LogP contribution in [0.5, 0.6) is 0 Å². The van der Waals surface area contributed by atoms with Crippen LogP contribution < -0.4 is 0 Å². The van der Waals surface area contributed by atoms with Crippen LogP contribution >= 0.6 is 34.8 Å². The van der Waals surface area contributed by atoms with Gasteiger partial charge in [0.1, 0.15) is 17.2 Å². The Labute approximate surface area is 126 Å². The highest BCUT2D eigenvalue weighted by molar-refractivity contribution is 6.44. The van der Waals surface area contributed by atoms with Gasteiger partial charge in [-0.25, -0.2) is 9.37 Å². The normalized spacial score (nSPS) is 11.8. The number of alkyl halides is 3. The molecule has 2 aromatic rings. The van der Waals surface area contributed by atoms with Gasteiger partial charge in [0.05, 0.1) is 15.1 Å². The van der Waals surface area contributed by atoms with Crippen molar-refractivity contribution >= 4 is 34.8 Å². The zero-order chi connectivity index (χ0) is 15.1. The van der Waals surface area contributed by atoms with Crippen LogP contribution in [0.25, 0.3) is 11.3 Å². The summed E-state index contributed by atoms with van der Waals surface area (Å²) < 4.78 is 51.5. The second kappa shape index (κ2) is 5.39. The molecule has 1 aromatic heterocycles. The quantitative estimate of drug-likeness (QED) is 0.466. The lowest BCUT2D eigenvalue weighted by molar-refractivity contribution is -0.141. The van der Waals surface area contributed by atoms with Gasteiger partial charge in [-0.15, -0.1) is 0 Å². The number of pyridine rings is 1. The lowest BCUT2D eigenvalue weighted by atomic mass is 10.1. The van der Waals surface area contributed by atoms with Crippen LogP contribution in [-0.4, -0.2) is 4.98 Å². The van der Waals surface area contributed by atoms with Crippen LogP contribution in [0.4, 0.5) is 17.6 Å². The van der Waals surface area contributed by atoms with Gasteiger partial charge in [0.25, 0.3) is 0 Å². The molecule has 1 nitrogen and oxygen atoms in total. The smallest absolute Gasteiger partial charge is 0.240 e. The van der Waals surface area contributed by atoms with E-state index in [9.17, 15) is 17.6 Å².